The van der Waals surface area contributed by atoms with Gasteiger partial charge in [0.15, 0.2) is 5.65 Å². The lowest BCUT2D eigenvalue weighted by Gasteiger charge is -2.32. The Labute approximate surface area is 171 Å². The normalized spacial score (nSPS) is 22.7. The van der Waals surface area contributed by atoms with Crippen LogP contribution in [0.5, 0.6) is 0 Å². The summed E-state index contributed by atoms with van der Waals surface area (Å²) < 4.78 is 28.9. The highest BCUT2D eigenvalue weighted by atomic mass is 19.3. The number of aromatic nitrogens is 3. The lowest BCUT2D eigenvalue weighted by molar-refractivity contribution is -0.124. The number of rotatable bonds is 5. The summed E-state index contributed by atoms with van der Waals surface area (Å²) >= 11 is 0. The molecule has 4 heterocycles. The summed E-state index contributed by atoms with van der Waals surface area (Å²) in [7, 11) is 0. The molecule has 2 amide bonds. The standard InChI is InChI=1S/C20H22F2N6O2/c21-20(22)3-5-27(6-4-20)16-9-15(23-10-12-1-2-12)28-18(25-16)14(11-24-28)7-13-8-17(29)26-19(13)30/h7,9,11-12,23H,1-6,8,10H2,(H,26,29,30)/b13-7+. The van der Waals surface area contributed by atoms with Gasteiger partial charge in [0.1, 0.15) is 11.6 Å². The number of carbonyl (C=O) groups excluding carboxylic acids is 2. The van der Waals surface area contributed by atoms with E-state index in [2.05, 4.69) is 20.7 Å². The molecule has 0 spiro atoms. The van der Waals surface area contributed by atoms with Gasteiger partial charge in [-0.1, -0.05) is 0 Å². The molecule has 0 radical (unpaired) electrons. The van der Waals surface area contributed by atoms with Crippen LogP contribution >= 0.6 is 0 Å². The van der Waals surface area contributed by atoms with Crippen LogP contribution in [0.3, 0.4) is 0 Å². The molecule has 2 aromatic rings. The van der Waals surface area contributed by atoms with Gasteiger partial charge in [-0.05, 0) is 24.8 Å². The van der Waals surface area contributed by atoms with Gasteiger partial charge in [0.2, 0.25) is 5.91 Å². The van der Waals surface area contributed by atoms with Crippen molar-refractivity contribution in [3.05, 3.63) is 23.4 Å². The average Bonchev–Trinajstić information content (AvgIpc) is 3.36. The topological polar surface area (TPSA) is 91.6 Å². The van der Waals surface area contributed by atoms with Crippen LogP contribution in [-0.4, -0.2) is 52.0 Å². The Morgan fingerprint density at radius 1 is 1.27 bits per heavy atom. The minimum Gasteiger partial charge on any atom is -0.370 e. The summed E-state index contributed by atoms with van der Waals surface area (Å²) in [6.45, 7) is 1.25. The molecule has 1 saturated carbocycles. The number of piperidine rings is 1. The predicted octanol–water partition coefficient (Wildman–Crippen LogP) is 2.22. The first-order valence-corrected chi connectivity index (χ1v) is 10.2. The summed E-state index contributed by atoms with van der Waals surface area (Å²) in [5, 5.41) is 10.1. The maximum atomic E-state index is 13.6. The van der Waals surface area contributed by atoms with Gasteiger partial charge in [0.05, 0.1) is 12.6 Å². The number of hydrogen-bond donors (Lipinski definition) is 2. The van der Waals surface area contributed by atoms with Crippen molar-refractivity contribution < 1.29 is 18.4 Å². The molecule has 2 aliphatic heterocycles. The van der Waals surface area contributed by atoms with Crippen molar-refractivity contribution in [2.24, 2.45) is 5.92 Å². The number of imide groups is 1. The first kappa shape index (κ1) is 19.0. The molecule has 0 atom stereocenters. The number of carbonyl (C=O) groups is 2. The highest BCUT2D eigenvalue weighted by Gasteiger charge is 2.35. The van der Waals surface area contributed by atoms with Crippen molar-refractivity contribution in [3.8, 4) is 0 Å². The molecule has 8 nitrogen and oxygen atoms in total. The molecule has 3 aliphatic rings. The van der Waals surface area contributed by atoms with Gasteiger partial charge in [-0.25, -0.2) is 13.8 Å². The van der Waals surface area contributed by atoms with Crippen LogP contribution in [0.4, 0.5) is 20.4 Å². The second kappa shape index (κ2) is 7.03. The zero-order valence-corrected chi connectivity index (χ0v) is 16.3. The molecule has 5 rings (SSSR count). The van der Waals surface area contributed by atoms with Gasteiger partial charge in [-0.2, -0.15) is 9.61 Å². The zero-order valence-electron chi connectivity index (χ0n) is 16.3. The Morgan fingerprint density at radius 2 is 2.03 bits per heavy atom. The highest BCUT2D eigenvalue weighted by Crippen LogP contribution is 2.33. The monoisotopic (exact) mass is 416 g/mol. The summed E-state index contributed by atoms with van der Waals surface area (Å²) in [6.07, 6.45) is 5.20. The second-order valence-corrected chi connectivity index (χ2v) is 8.23. The van der Waals surface area contributed by atoms with Crippen molar-refractivity contribution in [3.63, 3.8) is 0 Å². The van der Waals surface area contributed by atoms with Crippen LogP contribution < -0.4 is 15.5 Å². The highest BCUT2D eigenvalue weighted by molar-refractivity contribution is 6.15. The molecular formula is C20H22F2N6O2. The molecule has 1 aliphatic carbocycles. The lowest BCUT2D eigenvalue weighted by atomic mass is 10.1. The average molecular weight is 416 g/mol. The summed E-state index contributed by atoms with van der Waals surface area (Å²) in [4.78, 5) is 30.0. The van der Waals surface area contributed by atoms with E-state index in [4.69, 9.17) is 0 Å². The van der Waals surface area contributed by atoms with E-state index in [9.17, 15) is 18.4 Å². The van der Waals surface area contributed by atoms with E-state index in [1.807, 2.05) is 11.0 Å². The van der Waals surface area contributed by atoms with E-state index in [0.29, 0.717) is 28.5 Å². The largest absolute Gasteiger partial charge is 0.370 e. The summed E-state index contributed by atoms with van der Waals surface area (Å²) in [5.41, 5.74) is 1.48. The van der Waals surface area contributed by atoms with E-state index < -0.39 is 11.8 Å². The van der Waals surface area contributed by atoms with Crippen LogP contribution in [0.25, 0.3) is 11.7 Å². The first-order chi connectivity index (χ1) is 14.4. The quantitative estimate of drug-likeness (QED) is 0.574. The smallest absolute Gasteiger partial charge is 0.254 e. The number of nitrogens with one attached hydrogen (secondary N) is 2. The number of halogens is 2. The third kappa shape index (κ3) is 3.73. The molecular weight excluding hydrogens is 394 g/mol. The molecule has 2 aromatic heterocycles. The van der Waals surface area contributed by atoms with Crippen LogP contribution in [0.2, 0.25) is 0 Å². The Morgan fingerprint density at radius 3 is 2.70 bits per heavy atom. The summed E-state index contributed by atoms with van der Waals surface area (Å²) in [6, 6.07) is 1.84. The van der Waals surface area contributed by atoms with Crippen molar-refractivity contribution in [1.29, 1.82) is 0 Å². The van der Waals surface area contributed by atoms with E-state index >= 15 is 0 Å². The molecule has 10 heteroatoms. The molecule has 0 unspecified atom stereocenters. The van der Waals surface area contributed by atoms with Crippen molar-refractivity contribution in [2.75, 3.05) is 29.9 Å². The number of alkyl halides is 2. The van der Waals surface area contributed by atoms with Crippen LogP contribution in [0, 0.1) is 5.92 Å². The molecule has 158 valence electrons. The number of hydrogen-bond acceptors (Lipinski definition) is 6. The van der Waals surface area contributed by atoms with Gasteiger partial charge in [-0.3, -0.25) is 14.9 Å². The van der Waals surface area contributed by atoms with E-state index in [1.165, 1.54) is 12.8 Å². The van der Waals surface area contributed by atoms with Gasteiger partial charge >= 0.3 is 0 Å². The third-order valence-electron chi connectivity index (χ3n) is 5.80. The SMILES string of the molecule is O=C1C/C(=C\c2cnn3c(NCC4CC4)cc(N4CCC(F)(F)CC4)nc23)C(=O)N1. The molecule has 2 N–H and O–H groups in total. The van der Waals surface area contributed by atoms with Crippen LogP contribution in [-0.2, 0) is 9.59 Å². The van der Waals surface area contributed by atoms with Crippen molar-refractivity contribution in [2.45, 2.75) is 38.0 Å². The number of amides is 2. The lowest BCUT2D eigenvalue weighted by Crippen LogP contribution is -2.39. The zero-order chi connectivity index (χ0) is 20.9. The molecule has 3 fully saturated rings. The molecule has 0 aromatic carbocycles. The van der Waals surface area contributed by atoms with Gasteiger partial charge in [-0.15, -0.1) is 0 Å². The van der Waals surface area contributed by atoms with Gasteiger partial charge < -0.3 is 10.2 Å². The third-order valence-corrected chi connectivity index (χ3v) is 5.80. The fourth-order valence-electron chi connectivity index (χ4n) is 3.80. The maximum Gasteiger partial charge on any atom is 0.254 e. The van der Waals surface area contributed by atoms with Crippen molar-refractivity contribution >= 4 is 35.2 Å². The van der Waals surface area contributed by atoms with E-state index in [1.54, 1.807) is 16.8 Å². The molecule has 30 heavy (non-hydrogen) atoms. The number of anilines is 2. The first-order valence-electron chi connectivity index (χ1n) is 10.2. The molecule has 0 bridgehead atoms. The van der Waals surface area contributed by atoms with Gasteiger partial charge in [0.25, 0.3) is 11.8 Å². The van der Waals surface area contributed by atoms with Gasteiger partial charge in [0, 0.05) is 49.7 Å². The minimum absolute atomic E-state index is 0.0177. The predicted molar refractivity (Wildman–Crippen MR) is 106 cm³/mol. The Balaban J connectivity index is 1.52. The van der Waals surface area contributed by atoms with E-state index in [-0.39, 0.29) is 38.3 Å². The Bertz CT molecular complexity index is 1050. The number of nitrogens with zero attached hydrogens (tertiary/aromatic N) is 4. The Kier molecular flexibility index (Phi) is 4.44. The second-order valence-electron chi connectivity index (χ2n) is 8.23. The number of fused-ring (bicyclic) bond motifs is 1. The van der Waals surface area contributed by atoms with Crippen molar-refractivity contribution in [1.82, 2.24) is 19.9 Å². The molecule has 2 saturated heterocycles. The minimum atomic E-state index is -2.64. The summed E-state index contributed by atoms with van der Waals surface area (Å²) in [5.74, 6) is -1.42. The maximum absolute atomic E-state index is 13.6. The van der Waals surface area contributed by atoms with Crippen LogP contribution in [0.1, 0.15) is 37.7 Å². The fourth-order valence-corrected chi connectivity index (χ4v) is 3.80. The van der Waals surface area contributed by atoms with E-state index in [0.717, 1.165) is 12.4 Å². The Hall–Kier alpha value is -3.04. The fraction of sp³-hybridized carbons (Fsp3) is 0.500. The van der Waals surface area contributed by atoms with Crippen LogP contribution in [0.15, 0.2) is 17.8 Å².